The molecule has 2 heterocycles. The molecule has 26 heavy (non-hydrogen) atoms. The number of aryl methyl sites for hydroxylation is 1. The van der Waals surface area contributed by atoms with Crippen LogP contribution < -0.4 is 0 Å². The molecule has 1 aliphatic rings. The van der Waals surface area contributed by atoms with Gasteiger partial charge in [0.05, 0.1) is 10.6 Å². The van der Waals surface area contributed by atoms with Crippen LogP contribution in [0.25, 0.3) is 0 Å². The first kappa shape index (κ1) is 19.9. The standard InChI is InChI=1S/C15H20F2N4O5/c1-14(2,3)26-13(22)19-11-6-5-10(25-8-15(11,16)17)12-9(21(23)24)7-18-20(12)4/h7,10H,5-6,8H2,1-4H3/t10-/m0/s1. The number of aliphatic imine (C=N–C) groups is 1. The van der Waals surface area contributed by atoms with Crippen LogP contribution in [0.1, 0.15) is 45.4 Å². The predicted octanol–water partition coefficient (Wildman–Crippen LogP) is 3.19. The molecule has 0 aromatic carbocycles. The molecule has 0 aliphatic carbocycles. The predicted molar refractivity (Wildman–Crippen MR) is 86.4 cm³/mol. The number of carbonyl (C=O) groups excluding carboxylic acids is 1. The molecule has 0 radical (unpaired) electrons. The zero-order chi connectivity index (χ0) is 19.7. The first-order valence-electron chi connectivity index (χ1n) is 7.87. The lowest BCUT2D eigenvalue weighted by molar-refractivity contribution is -0.386. The lowest BCUT2D eigenvalue weighted by Crippen LogP contribution is -2.33. The van der Waals surface area contributed by atoms with Gasteiger partial charge in [-0.15, -0.1) is 0 Å². The topological polar surface area (TPSA) is 109 Å². The molecule has 1 fully saturated rings. The fraction of sp³-hybridized carbons (Fsp3) is 0.667. The summed E-state index contributed by atoms with van der Waals surface area (Å²) in [4.78, 5) is 25.6. The summed E-state index contributed by atoms with van der Waals surface area (Å²) in [6.07, 6.45) is -1.34. The zero-order valence-electron chi connectivity index (χ0n) is 14.9. The van der Waals surface area contributed by atoms with E-state index in [4.69, 9.17) is 9.47 Å². The van der Waals surface area contributed by atoms with E-state index in [-0.39, 0.29) is 24.2 Å². The van der Waals surface area contributed by atoms with Crippen LogP contribution in [-0.4, -0.2) is 44.6 Å². The highest BCUT2D eigenvalue weighted by molar-refractivity contribution is 5.98. The van der Waals surface area contributed by atoms with E-state index in [0.29, 0.717) is 0 Å². The van der Waals surface area contributed by atoms with Gasteiger partial charge in [0.15, 0.2) is 0 Å². The van der Waals surface area contributed by atoms with Crippen molar-refractivity contribution in [2.75, 3.05) is 6.61 Å². The first-order chi connectivity index (χ1) is 11.9. The van der Waals surface area contributed by atoms with E-state index < -0.39 is 41.0 Å². The van der Waals surface area contributed by atoms with Crippen molar-refractivity contribution < 1.29 is 28.0 Å². The summed E-state index contributed by atoms with van der Waals surface area (Å²) in [5.41, 5.74) is -1.76. The maximum atomic E-state index is 14.3. The van der Waals surface area contributed by atoms with Gasteiger partial charge >= 0.3 is 17.7 Å². The molecule has 1 amide bonds. The molecule has 0 spiro atoms. The van der Waals surface area contributed by atoms with Gasteiger partial charge in [-0.1, -0.05) is 0 Å². The van der Waals surface area contributed by atoms with Crippen LogP contribution in [0.3, 0.4) is 0 Å². The second kappa shape index (κ2) is 7.06. The summed E-state index contributed by atoms with van der Waals surface area (Å²) in [6, 6.07) is 0. The Morgan fingerprint density at radius 1 is 1.54 bits per heavy atom. The van der Waals surface area contributed by atoms with Crippen molar-refractivity contribution in [3.63, 3.8) is 0 Å². The number of aromatic nitrogens is 2. The van der Waals surface area contributed by atoms with Gasteiger partial charge in [-0.3, -0.25) is 14.8 Å². The normalized spacial score (nSPS) is 22.1. The Labute approximate surface area is 148 Å². The molecule has 0 unspecified atom stereocenters. The fourth-order valence-corrected chi connectivity index (χ4v) is 2.52. The molecule has 0 bridgehead atoms. The van der Waals surface area contributed by atoms with Crippen LogP contribution in [0, 0.1) is 10.1 Å². The highest BCUT2D eigenvalue weighted by Crippen LogP contribution is 2.36. The smallest absolute Gasteiger partial charge is 0.434 e. The molecule has 144 valence electrons. The van der Waals surface area contributed by atoms with Crippen LogP contribution in [0.4, 0.5) is 19.3 Å². The van der Waals surface area contributed by atoms with Gasteiger partial charge in [-0.05, 0) is 33.6 Å². The molecule has 9 nitrogen and oxygen atoms in total. The third kappa shape index (κ3) is 4.59. The number of halogens is 2. The maximum absolute atomic E-state index is 14.3. The third-order valence-electron chi connectivity index (χ3n) is 3.62. The molecule has 1 aliphatic heterocycles. The number of nitro groups is 1. The van der Waals surface area contributed by atoms with Crippen molar-refractivity contribution in [1.29, 1.82) is 0 Å². The Kier molecular flexibility index (Phi) is 5.40. The Balaban J connectivity index is 2.26. The lowest BCUT2D eigenvalue weighted by atomic mass is 10.1. The summed E-state index contributed by atoms with van der Waals surface area (Å²) in [6.45, 7) is 3.73. The number of amides is 1. The number of alkyl halides is 2. The summed E-state index contributed by atoms with van der Waals surface area (Å²) < 4.78 is 39.9. The number of carbonyl (C=O) groups is 1. The van der Waals surface area contributed by atoms with Crippen molar-refractivity contribution in [2.45, 2.75) is 51.2 Å². The van der Waals surface area contributed by atoms with Crippen molar-refractivity contribution in [2.24, 2.45) is 12.0 Å². The van der Waals surface area contributed by atoms with Crippen LogP contribution in [0.2, 0.25) is 0 Å². The minimum absolute atomic E-state index is 0.0163. The van der Waals surface area contributed by atoms with E-state index >= 15 is 0 Å². The van der Waals surface area contributed by atoms with Crippen molar-refractivity contribution in [3.05, 3.63) is 22.0 Å². The van der Waals surface area contributed by atoms with Gasteiger partial charge in [-0.25, -0.2) is 4.79 Å². The summed E-state index contributed by atoms with van der Waals surface area (Å²) >= 11 is 0. The summed E-state index contributed by atoms with van der Waals surface area (Å²) in [7, 11) is 1.46. The average molecular weight is 374 g/mol. The van der Waals surface area contributed by atoms with Crippen LogP contribution in [-0.2, 0) is 16.5 Å². The van der Waals surface area contributed by atoms with Crippen molar-refractivity contribution >= 4 is 17.5 Å². The number of hydrogen-bond acceptors (Lipinski definition) is 6. The second-order valence-corrected chi connectivity index (χ2v) is 6.88. The van der Waals surface area contributed by atoms with Crippen LogP contribution in [0.5, 0.6) is 0 Å². The van der Waals surface area contributed by atoms with Crippen molar-refractivity contribution in [3.8, 4) is 0 Å². The van der Waals surface area contributed by atoms with Crippen LogP contribution in [0.15, 0.2) is 11.2 Å². The lowest BCUT2D eigenvalue weighted by Gasteiger charge is -2.19. The SMILES string of the molecule is Cn1ncc([N+](=O)[O-])c1[C@@H]1CCC(=NC(=O)OC(C)(C)C)C(F)(F)CO1. The van der Waals surface area contributed by atoms with E-state index in [1.807, 2.05) is 0 Å². The zero-order valence-corrected chi connectivity index (χ0v) is 14.9. The number of hydrogen-bond donors (Lipinski definition) is 0. The molecule has 0 N–H and O–H groups in total. The van der Waals surface area contributed by atoms with Gasteiger partial charge in [0.2, 0.25) is 0 Å². The maximum Gasteiger partial charge on any atom is 0.434 e. The molecule has 1 aromatic heterocycles. The average Bonchev–Trinajstić information content (AvgIpc) is 2.79. The van der Waals surface area contributed by atoms with E-state index in [1.54, 1.807) is 20.8 Å². The monoisotopic (exact) mass is 374 g/mol. The molecular formula is C15H20F2N4O5. The van der Waals surface area contributed by atoms with E-state index in [9.17, 15) is 23.7 Å². The van der Waals surface area contributed by atoms with E-state index in [1.165, 1.54) is 11.7 Å². The van der Waals surface area contributed by atoms with Gasteiger partial charge in [0, 0.05) is 7.05 Å². The number of rotatable bonds is 2. The Morgan fingerprint density at radius 3 is 2.77 bits per heavy atom. The summed E-state index contributed by atoms with van der Waals surface area (Å²) in [5.74, 6) is -3.49. The second-order valence-electron chi connectivity index (χ2n) is 6.88. The van der Waals surface area contributed by atoms with Crippen molar-refractivity contribution in [1.82, 2.24) is 9.78 Å². The molecule has 2 rings (SSSR count). The Bertz CT molecular complexity index is 739. The number of nitrogens with zero attached hydrogens (tertiary/aromatic N) is 4. The molecule has 1 saturated heterocycles. The minimum Gasteiger partial charge on any atom is -0.442 e. The quantitative estimate of drug-likeness (QED) is 0.581. The highest BCUT2D eigenvalue weighted by atomic mass is 19.3. The van der Waals surface area contributed by atoms with Gasteiger partial charge in [0.1, 0.15) is 30.2 Å². The Hall–Kier alpha value is -2.43. The van der Waals surface area contributed by atoms with E-state index in [2.05, 4.69) is 10.1 Å². The van der Waals surface area contributed by atoms with Crippen LogP contribution >= 0.6 is 0 Å². The first-order valence-corrected chi connectivity index (χ1v) is 7.87. The highest BCUT2D eigenvalue weighted by Gasteiger charge is 2.42. The molecule has 0 saturated carbocycles. The molecular weight excluding hydrogens is 354 g/mol. The molecule has 1 atom stereocenters. The number of ether oxygens (including phenoxy) is 2. The minimum atomic E-state index is -3.49. The summed E-state index contributed by atoms with van der Waals surface area (Å²) in [5, 5.41) is 14.9. The third-order valence-corrected chi connectivity index (χ3v) is 3.62. The fourth-order valence-electron chi connectivity index (χ4n) is 2.52. The molecule has 1 aromatic rings. The van der Waals surface area contributed by atoms with Gasteiger partial charge < -0.3 is 9.47 Å². The molecule has 11 heteroatoms. The Morgan fingerprint density at radius 2 is 2.19 bits per heavy atom. The van der Waals surface area contributed by atoms with Gasteiger partial charge in [-0.2, -0.15) is 18.9 Å². The van der Waals surface area contributed by atoms with E-state index in [0.717, 1.165) is 6.20 Å². The largest absolute Gasteiger partial charge is 0.442 e. The van der Waals surface area contributed by atoms with Gasteiger partial charge in [0.25, 0.3) is 0 Å².